The zero-order valence-corrected chi connectivity index (χ0v) is 13.0. The molecule has 2 rings (SSSR count). The second-order valence-electron chi connectivity index (χ2n) is 4.67. The van der Waals surface area contributed by atoms with Crippen LogP contribution in [0.3, 0.4) is 0 Å². The summed E-state index contributed by atoms with van der Waals surface area (Å²) < 4.78 is 25.2. The van der Waals surface area contributed by atoms with Crippen LogP contribution in [0.5, 0.6) is 0 Å². The highest BCUT2D eigenvalue weighted by molar-refractivity contribution is 9.10. The fourth-order valence-electron chi connectivity index (χ4n) is 2.10. The Morgan fingerprint density at radius 2 is 2.11 bits per heavy atom. The summed E-state index contributed by atoms with van der Waals surface area (Å²) in [6.07, 6.45) is 4.44. The number of hydrogen-bond acceptors (Lipinski definition) is 5. The Morgan fingerprint density at radius 3 is 2.63 bits per heavy atom. The first-order valence-corrected chi connectivity index (χ1v) is 8.63. The molecule has 0 unspecified atom stereocenters. The Balaban J connectivity index is 1.96. The van der Waals surface area contributed by atoms with E-state index in [1.807, 2.05) is 0 Å². The van der Waals surface area contributed by atoms with E-state index in [9.17, 15) is 8.42 Å². The number of nitrogens with two attached hydrogens (primary N) is 1. The van der Waals surface area contributed by atoms with Crippen molar-refractivity contribution >= 4 is 37.5 Å². The van der Waals surface area contributed by atoms with Gasteiger partial charge in [-0.15, -0.1) is 0 Å². The van der Waals surface area contributed by atoms with Crippen LogP contribution in [0.25, 0.3) is 0 Å². The molecule has 8 heteroatoms. The second-order valence-corrected chi connectivity index (χ2v) is 7.57. The zero-order chi connectivity index (χ0) is 14.0. The molecule has 3 N–H and O–H groups in total. The lowest BCUT2D eigenvalue weighted by atomic mass is 10.1. The van der Waals surface area contributed by atoms with E-state index in [2.05, 4.69) is 26.2 Å². The maximum atomic E-state index is 11.4. The fraction of sp³-hybridized carbons (Fsp3) is 0.545. The number of sulfonamides is 1. The molecule has 1 saturated heterocycles. The molecule has 2 heterocycles. The molecule has 0 bridgehead atoms. The van der Waals surface area contributed by atoms with E-state index >= 15 is 0 Å². The molecule has 1 aliphatic heterocycles. The maximum Gasteiger partial charge on any atom is 0.211 e. The lowest BCUT2D eigenvalue weighted by Crippen LogP contribution is -2.42. The maximum absolute atomic E-state index is 11.4. The number of nitrogens with one attached hydrogen (secondary N) is 1. The molecule has 1 aliphatic rings. The molecule has 1 fully saturated rings. The fourth-order valence-corrected chi connectivity index (χ4v) is 3.32. The van der Waals surface area contributed by atoms with Gasteiger partial charge in [0.25, 0.3) is 0 Å². The number of hydrogen-bond donors (Lipinski definition) is 2. The molecule has 19 heavy (non-hydrogen) atoms. The Kier molecular flexibility index (Phi) is 4.32. The average molecular weight is 349 g/mol. The van der Waals surface area contributed by atoms with E-state index in [1.165, 1.54) is 10.6 Å². The van der Waals surface area contributed by atoms with Crippen molar-refractivity contribution in [1.82, 2.24) is 9.29 Å². The van der Waals surface area contributed by atoms with Crippen LogP contribution in [0.2, 0.25) is 0 Å². The third kappa shape index (κ3) is 3.80. The van der Waals surface area contributed by atoms with Gasteiger partial charge < -0.3 is 11.1 Å². The Morgan fingerprint density at radius 1 is 1.47 bits per heavy atom. The van der Waals surface area contributed by atoms with Gasteiger partial charge in [-0.05, 0) is 34.8 Å². The van der Waals surface area contributed by atoms with Crippen molar-refractivity contribution in [3.05, 3.63) is 16.7 Å². The molecular weight excluding hydrogens is 332 g/mol. The van der Waals surface area contributed by atoms with Gasteiger partial charge in [-0.2, -0.15) is 0 Å². The predicted molar refractivity (Wildman–Crippen MR) is 79.4 cm³/mol. The number of rotatable bonds is 3. The molecule has 0 saturated carbocycles. The normalized spacial score (nSPS) is 18.4. The summed E-state index contributed by atoms with van der Waals surface area (Å²) in [7, 11) is -3.08. The molecule has 6 nitrogen and oxygen atoms in total. The van der Waals surface area contributed by atoms with Crippen LogP contribution < -0.4 is 11.1 Å². The Bertz CT molecular complexity index is 556. The van der Waals surface area contributed by atoms with Crippen molar-refractivity contribution in [3.63, 3.8) is 0 Å². The lowest BCUT2D eigenvalue weighted by Gasteiger charge is -2.31. The molecule has 0 amide bonds. The molecule has 1 aromatic rings. The van der Waals surface area contributed by atoms with Crippen molar-refractivity contribution in [2.24, 2.45) is 0 Å². The van der Waals surface area contributed by atoms with Crippen LogP contribution in [-0.2, 0) is 10.0 Å². The molecule has 0 radical (unpaired) electrons. The van der Waals surface area contributed by atoms with Crippen LogP contribution in [0.4, 0.5) is 11.5 Å². The highest BCUT2D eigenvalue weighted by Crippen LogP contribution is 2.23. The topological polar surface area (TPSA) is 88.3 Å². The third-order valence-corrected chi connectivity index (χ3v) is 4.88. The number of piperidine rings is 1. The van der Waals surface area contributed by atoms with Crippen molar-refractivity contribution in [3.8, 4) is 0 Å². The van der Waals surface area contributed by atoms with E-state index in [0.29, 0.717) is 24.6 Å². The minimum Gasteiger partial charge on any atom is -0.396 e. The molecule has 0 aromatic carbocycles. The Hall–Kier alpha value is -0.860. The predicted octanol–water partition coefficient (Wildman–Crippen LogP) is 1.26. The SMILES string of the molecule is CS(=O)(=O)N1CCC(Nc2ncc(Br)cc2N)CC1. The quantitative estimate of drug-likeness (QED) is 0.858. The summed E-state index contributed by atoms with van der Waals surface area (Å²) in [5.41, 5.74) is 6.46. The lowest BCUT2D eigenvalue weighted by molar-refractivity contribution is 0.331. The van der Waals surface area contributed by atoms with Crippen LogP contribution in [0.1, 0.15) is 12.8 Å². The number of anilines is 2. The summed E-state index contributed by atoms with van der Waals surface area (Å²) in [6, 6.07) is 2.00. The van der Waals surface area contributed by atoms with Gasteiger partial charge in [0.2, 0.25) is 10.0 Å². The number of halogens is 1. The molecule has 1 aromatic heterocycles. The van der Waals surface area contributed by atoms with Gasteiger partial charge >= 0.3 is 0 Å². The Labute approximate surface area is 121 Å². The van der Waals surface area contributed by atoms with E-state index in [0.717, 1.165) is 17.3 Å². The van der Waals surface area contributed by atoms with Gasteiger partial charge in [-0.3, -0.25) is 0 Å². The number of pyridine rings is 1. The van der Waals surface area contributed by atoms with E-state index in [1.54, 1.807) is 12.3 Å². The van der Waals surface area contributed by atoms with Crippen LogP contribution in [0.15, 0.2) is 16.7 Å². The van der Waals surface area contributed by atoms with Crippen LogP contribution >= 0.6 is 15.9 Å². The standard InChI is InChI=1S/C11H17BrN4O2S/c1-19(17,18)16-4-2-9(3-5-16)15-11-10(13)6-8(12)7-14-11/h6-7,9H,2-5,13H2,1H3,(H,14,15). The molecular formula is C11H17BrN4O2S. The van der Waals surface area contributed by atoms with Gasteiger partial charge in [0.15, 0.2) is 0 Å². The van der Waals surface area contributed by atoms with Gasteiger partial charge in [0, 0.05) is 29.8 Å². The summed E-state index contributed by atoms with van der Waals surface area (Å²) in [5.74, 6) is 0.654. The number of aromatic nitrogens is 1. The first kappa shape index (κ1) is 14.5. The largest absolute Gasteiger partial charge is 0.396 e. The van der Waals surface area contributed by atoms with Crippen molar-refractivity contribution in [2.75, 3.05) is 30.4 Å². The summed E-state index contributed by atoms with van der Waals surface area (Å²) >= 11 is 3.31. The van der Waals surface area contributed by atoms with Gasteiger partial charge in [-0.25, -0.2) is 17.7 Å². The van der Waals surface area contributed by atoms with Crippen LogP contribution in [-0.4, -0.2) is 43.1 Å². The smallest absolute Gasteiger partial charge is 0.211 e. The first-order chi connectivity index (χ1) is 8.86. The van der Waals surface area contributed by atoms with Crippen molar-refractivity contribution in [2.45, 2.75) is 18.9 Å². The van der Waals surface area contributed by atoms with E-state index in [4.69, 9.17) is 5.73 Å². The third-order valence-electron chi connectivity index (χ3n) is 3.15. The minimum absolute atomic E-state index is 0.203. The average Bonchev–Trinajstić information content (AvgIpc) is 2.32. The monoisotopic (exact) mass is 348 g/mol. The molecule has 0 atom stereocenters. The van der Waals surface area contributed by atoms with Gasteiger partial charge in [0.1, 0.15) is 5.82 Å². The molecule has 0 aliphatic carbocycles. The van der Waals surface area contributed by atoms with Crippen molar-refractivity contribution < 1.29 is 8.42 Å². The molecule has 0 spiro atoms. The van der Waals surface area contributed by atoms with Crippen molar-refractivity contribution in [1.29, 1.82) is 0 Å². The summed E-state index contributed by atoms with van der Waals surface area (Å²) in [6.45, 7) is 1.07. The van der Waals surface area contributed by atoms with Gasteiger partial charge in [-0.1, -0.05) is 0 Å². The van der Waals surface area contributed by atoms with E-state index in [-0.39, 0.29) is 6.04 Å². The van der Waals surface area contributed by atoms with Crippen LogP contribution in [0, 0.1) is 0 Å². The van der Waals surface area contributed by atoms with Gasteiger partial charge in [0.05, 0.1) is 11.9 Å². The minimum atomic E-state index is -3.08. The highest BCUT2D eigenvalue weighted by atomic mass is 79.9. The number of nitrogen functional groups attached to an aromatic ring is 1. The van der Waals surface area contributed by atoms with E-state index < -0.39 is 10.0 Å². The summed E-state index contributed by atoms with van der Waals surface area (Å²) in [5, 5.41) is 3.27. The summed E-state index contributed by atoms with van der Waals surface area (Å²) in [4.78, 5) is 4.22. The zero-order valence-electron chi connectivity index (χ0n) is 10.6. The molecule has 106 valence electrons. The first-order valence-electron chi connectivity index (χ1n) is 5.99. The number of nitrogens with zero attached hydrogens (tertiary/aromatic N) is 2. The second kappa shape index (κ2) is 5.64. The highest BCUT2D eigenvalue weighted by Gasteiger charge is 2.25.